The van der Waals surface area contributed by atoms with E-state index in [1.807, 2.05) is 48.5 Å². The zero-order valence-corrected chi connectivity index (χ0v) is 33.3. The molecule has 0 spiro atoms. The van der Waals surface area contributed by atoms with Crippen molar-refractivity contribution in [3.8, 4) is 23.0 Å². The zero-order chi connectivity index (χ0) is 33.4. The fourth-order valence-electron chi connectivity index (χ4n) is 5.82. The van der Waals surface area contributed by atoms with Crippen molar-refractivity contribution in [2.75, 3.05) is 0 Å². The van der Waals surface area contributed by atoms with Gasteiger partial charge in [-0.3, -0.25) is 0 Å². The molecule has 2 rings (SSSR count). The molecule has 0 saturated carbocycles. The molecular formula is C36H62O4P3+. The lowest BCUT2D eigenvalue weighted by atomic mass is 10.2. The fraction of sp³-hybridized carbons (Fsp3) is 0.667. The second-order valence-electron chi connectivity index (χ2n) is 17.5. The molecule has 0 heterocycles. The van der Waals surface area contributed by atoms with Crippen molar-refractivity contribution < 1.29 is 18.1 Å². The van der Waals surface area contributed by atoms with Gasteiger partial charge in [0.25, 0.3) is 0 Å². The Balaban J connectivity index is 2.56. The van der Waals surface area contributed by atoms with Crippen LogP contribution in [0.5, 0.6) is 23.0 Å². The molecule has 2 aromatic carbocycles. The highest BCUT2D eigenvalue weighted by Crippen LogP contribution is 2.76. The Morgan fingerprint density at radius 2 is 0.674 bits per heavy atom. The van der Waals surface area contributed by atoms with Gasteiger partial charge in [0.2, 0.25) is 0 Å². The van der Waals surface area contributed by atoms with Crippen molar-refractivity contribution in [2.45, 2.75) is 156 Å². The van der Waals surface area contributed by atoms with Crippen LogP contribution in [0, 0.1) is 0 Å². The van der Waals surface area contributed by atoms with Gasteiger partial charge < -0.3 is 18.1 Å². The van der Waals surface area contributed by atoms with E-state index in [9.17, 15) is 0 Å². The van der Waals surface area contributed by atoms with Crippen molar-refractivity contribution in [3.05, 3.63) is 48.5 Å². The third kappa shape index (κ3) is 9.96. The molecule has 0 bridgehead atoms. The summed E-state index contributed by atoms with van der Waals surface area (Å²) in [6.45, 7) is 40.5. The van der Waals surface area contributed by atoms with Gasteiger partial charge >= 0.3 is 7.72 Å². The van der Waals surface area contributed by atoms with Crippen LogP contribution in [0.2, 0.25) is 0 Å². The number of hydrogen-bond acceptors (Lipinski definition) is 4. The lowest BCUT2D eigenvalue weighted by molar-refractivity contribution is 0.387. The Morgan fingerprint density at radius 3 is 0.907 bits per heavy atom. The van der Waals surface area contributed by atoms with Crippen molar-refractivity contribution in [1.29, 1.82) is 0 Å². The van der Waals surface area contributed by atoms with Crippen LogP contribution >= 0.6 is 24.0 Å². The molecule has 0 aromatic heterocycles. The molecular weight excluding hydrogens is 589 g/mol. The second-order valence-corrected chi connectivity index (χ2v) is 28.5. The van der Waals surface area contributed by atoms with Gasteiger partial charge in [0.15, 0.2) is 11.5 Å². The van der Waals surface area contributed by atoms with Crippen molar-refractivity contribution in [2.24, 2.45) is 0 Å². The molecule has 43 heavy (non-hydrogen) atoms. The molecule has 0 unspecified atom stereocenters. The number of rotatable bonds is 8. The first-order valence-electron chi connectivity index (χ1n) is 15.5. The Hall–Kier alpha value is -1.07. The van der Waals surface area contributed by atoms with Crippen molar-refractivity contribution >= 4 is 24.0 Å². The van der Waals surface area contributed by atoms with E-state index in [-0.39, 0.29) is 30.9 Å². The summed E-state index contributed by atoms with van der Waals surface area (Å²) in [6.07, 6.45) is 0. The molecule has 0 aliphatic heterocycles. The van der Waals surface area contributed by atoms with E-state index >= 15 is 0 Å². The van der Waals surface area contributed by atoms with Gasteiger partial charge in [0.1, 0.15) is 21.8 Å². The van der Waals surface area contributed by atoms with Crippen molar-refractivity contribution in [1.82, 2.24) is 0 Å². The molecule has 0 amide bonds. The molecule has 0 fully saturated rings. The summed E-state index contributed by atoms with van der Waals surface area (Å²) in [7, 11) is -4.18. The molecule has 0 aliphatic carbocycles. The van der Waals surface area contributed by atoms with E-state index in [1.165, 1.54) is 0 Å². The molecule has 0 atom stereocenters. The number of benzene rings is 2. The third-order valence-corrected chi connectivity index (χ3v) is 16.8. The first-order valence-corrected chi connectivity index (χ1v) is 19.7. The Labute approximate surface area is 268 Å². The van der Waals surface area contributed by atoms with Gasteiger partial charge in [-0.05, 0) is 65.8 Å². The zero-order valence-electron chi connectivity index (χ0n) is 30.6. The molecule has 0 saturated heterocycles. The quantitative estimate of drug-likeness (QED) is 0.266. The van der Waals surface area contributed by atoms with E-state index < -0.39 is 24.0 Å². The van der Waals surface area contributed by atoms with Crippen LogP contribution in [0.1, 0.15) is 125 Å². The van der Waals surface area contributed by atoms with E-state index in [0.717, 1.165) is 23.0 Å². The van der Waals surface area contributed by atoms with E-state index in [2.05, 4.69) is 125 Å². The van der Waals surface area contributed by atoms with Gasteiger partial charge in [-0.15, -0.1) is 0 Å². The molecule has 0 radical (unpaired) electrons. The maximum atomic E-state index is 7.14. The molecule has 4 nitrogen and oxygen atoms in total. The first-order chi connectivity index (χ1) is 19.1. The first kappa shape index (κ1) is 38.1. The summed E-state index contributed by atoms with van der Waals surface area (Å²) in [4.78, 5) is 0. The summed E-state index contributed by atoms with van der Waals surface area (Å²) >= 11 is 0. The highest BCUT2D eigenvalue weighted by atomic mass is 31.2. The summed E-state index contributed by atoms with van der Waals surface area (Å²) in [5.41, 5.74) is 0. The minimum Gasteiger partial charge on any atom is -0.473 e. The largest absolute Gasteiger partial charge is 0.473 e. The van der Waals surface area contributed by atoms with Gasteiger partial charge in [-0.25, -0.2) is 0 Å². The Bertz CT molecular complexity index is 1080. The SMILES string of the molecule is CC(C)(C)P(Oc1cccc(O[P+](Oc2cccc(OP(C(C)(C)C)C(C)(C)C)c2)(C(C)(C)C)C(C)(C)C)c1)C(C)(C)C. The molecule has 0 N–H and O–H groups in total. The average molecular weight is 652 g/mol. The van der Waals surface area contributed by atoms with Crippen LogP contribution in [0.3, 0.4) is 0 Å². The van der Waals surface area contributed by atoms with Crippen LogP contribution in [0.15, 0.2) is 48.5 Å². The monoisotopic (exact) mass is 651 g/mol. The summed E-state index contributed by atoms with van der Waals surface area (Å²) < 4.78 is 27.7. The number of hydrogen-bond donors (Lipinski definition) is 0. The summed E-state index contributed by atoms with van der Waals surface area (Å²) in [6, 6.07) is 16.3. The van der Waals surface area contributed by atoms with Crippen LogP contribution < -0.4 is 18.1 Å². The van der Waals surface area contributed by atoms with Gasteiger partial charge in [-0.1, -0.05) is 95.2 Å². The summed E-state index contributed by atoms with van der Waals surface area (Å²) in [5, 5.41) is -0.427. The predicted octanol–water partition coefficient (Wildman–Crippen LogP) is 13.3. The van der Waals surface area contributed by atoms with Crippen LogP contribution in [-0.4, -0.2) is 30.9 Å². The molecule has 244 valence electrons. The molecule has 2 aromatic rings. The Kier molecular flexibility index (Phi) is 11.5. The normalized spacial score (nSPS) is 14.2. The van der Waals surface area contributed by atoms with Crippen LogP contribution in [0.4, 0.5) is 0 Å². The third-order valence-electron chi connectivity index (χ3n) is 6.68. The topological polar surface area (TPSA) is 36.9 Å². The Morgan fingerprint density at radius 1 is 0.419 bits per heavy atom. The molecule has 0 aliphatic rings. The highest BCUT2D eigenvalue weighted by Gasteiger charge is 2.66. The smallest absolute Gasteiger partial charge is 0.373 e. The summed E-state index contributed by atoms with van der Waals surface area (Å²) in [5.74, 6) is 3.21. The average Bonchev–Trinajstić information content (AvgIpc) is 2.77. The van der Waals surface area contributed by atoms with Crippen molar-refractivity contribution in [3.63, 3.8) is 0 Å². The maximum absolute atomic E-state index is 7.14. The van der Waals surface area contributed by atoms with E-state index in [4.69, 9.17) is 18.1 Å². The lowest BCUT2D eigenvalue weighted by Crippen LogP contribution is -2.40. The molecule has 7 heteroatoms. The van der Waals surface area contributed by atoms with E-state index in [0.29, 0.717) is 0 Å². The fourth-order valence-corrected chi connectivity index (χ4v) is 15.6. The van der Waals surface area contributed by atoms with Crippen LogP contribution in [0.25, 0.3) is 0 Å². The second kappa shape index (κ2) is 13.0. The van der Waals surface area contributed by atoms with E-state index in [1.54, 1.807) is 0 Å². The predicted molar refractivity (Wildman–Crippen MR) is 195 cm³/mol. The minimum atomic E-state index is -2.65. The standard InChI is InChI=1S/C36H62O4P3/c1-31(2,3)41(32(4,5)6)37-27-21-19-23-29(25-27)39-43(35(13,14)15,36(16,17)18)40-30-24-20-22-28(26-30)38-42(33(7,8)9)34(10,11)12/h19-26H,1-18H3/q+1. The lowest BCUT2D eigenvalue weighted by Gasteiger charge is -2.42. The highest BCUT2D eigenvalue weighted by molar-refractivity contribution is 7.70. The minimum absolute atomic E-state index is 0.0363. The maximum Gasteiger partial charge on any atom is 0.373 e. The van der Waals surface area contributed by atoms with Gasteiger partial charge in [-0.2, -0.15) is 0 Å². The van der Waals surface area contributed by atoms with Gasteiger partial charge in [0.05, 0.1) is 16.3 Å². The van der Waals surface area contributed by atoms with Crippen LogP contribution in [-0.2, 0) is 0 Å². The van der Waals surface area contributed by atoms with Gasteiger partial charge in [0, 0.05) is 32.8 Å².